The maximum atomic E-state index is 5.13. The van der Waals surface area contributed by atoms with Crippen LogP contribution >= 0.6 is 0 Å². The summed E-state index contributed by atoms with van der Waals surface area (Å²) in [5.74, 6) is 0. The van der Waals surface area contributed by atoms with Crippen LogP contribution < -0.4 is 0 Å². The largest absolute Gasteiger partial charge is 0.355 e. The summed E-state index contributed by atoms with van der Waals surface area (Å²) in [5.41, 5.74) is 19.3. The minimum Gasteiger partial charge on any atom is -0.355 e. The van der Waals surface area contributed by atoms with Gasteiger partial charge in [-0.15, -0.1) is 0 Å². The van der Waals surface area contributed by atoms with Crippen molar-refractivity contribution in [2.45, 2.75) is 81.1 Å². The summed E-state index contributed by atoms with van der Waals surface area (Å²) in [6.07, 6.45) is 3.86. The monoisotopic (exact) mass is 536 g/mol. The van der Waals surface area contributed by atoms with Crippen molar-refractivity contribution in [3.63, 3.8) is 0 Å². The van der Waals surface area contributed by atoms with Gasteiger partial charge in [-0.1, -0.05) is 27.7 Å². The standard InChI is InChI=1S/C32H38N4.Ni/c1-9-21-17(5)25-14-30-23(11-3)19(7)27(35-30)16-32-24(12-4)20(8)28(36-32)15-31-22(10-2)18(6)26(34-31)13-29(21)33-25;/h13-16,33-34H,9-12H2,1-8H3;. The molecule has 4 nitrogen and oxygen atoms in total. The number of hydrogen-bond donors (Lipinski definition) is 2. The SMILES string of the molecule is CCC1=C(C)c2cc3[nH]c(cc4[nH]c(cc5nc(cc1n2)C(C)=C5CC)c(C)c4CC)c(C)c3CC.[Ni]. The molecule has 2 aliphatic rings. The number of nitrogens with zero attached hydrogens (tertiary/aromatic N) is 2. The first kappa shape index (κ1) is 27.1. The second-order valence-corrected chi connectivity index (χ2v) is 10.1. The van der Waals surface area contributed by atoms with Gasteiger partial charge in [0, 0.05) is 38.6 Å². The quantitative estimate of drug-likeness (QED) is 0.327. The van der Waals surface area contributed by atoms with Crippen molar-refractivity contribution in [2.75, 3.05) is 0 Å². The van der Waals surface area contributed by atoms with Crippen molar-refractivity contribution < 1.29 is 16.5 Å². The molecule has 2 N–H and O–H groups in total. The summed E-state index contributed by atoms with van der Waals surface area (Å²) in [7, 11) is 0. The molecule has 0 atom stereocenters. The molecule has 0 saturated heterocycles. The molecule has 0 aliphatic carbocycles. The third-order valence-electron chi connectivity index (χ3n) is 8.21. The van der Waals surface area contributed by atoms with Gasteiger partial charge in [0.1, 0.15) is 0 Å². The molecule has 3 aromatic rings. The zero-order valence-electron chi connectivity index (χ0n) is 23.3. The predicted molar refractivity (Wildman–Crippen MR) is 155 cm³/mol. The van der Waals surface area contributed by atoms with Crippen LogP contribution in [-0.4, -0.2) is 19.9 Å². The number of aryl methyl sites for hydroxylation is 4. The van der Waals surface area contributed by atoms with Crippen LogP contribution in [-0.2, 0) is 29.3 Å². The van der Waals surface area contributed by atoms with E-state index in [-0.39, 0.29) is 16.5 Å². The smallest absolute Gasteiger partial charge is 0.0693 e. The van der Waals surface area contributed by atoms with E-state index in [0.29, 0.717) is 0 Å². The average Bonchev–Trinajstić information content (AvgIpc) is 3.51. The molecule has 8 bridgehead atoms. The van der Waals surface area contributed by atoms with Crippen molar-refractivity contribution in [3.05, 3.63) is 69.3 Å². The summed E-state index contributed by atoms with van der Waals surface area (Å²) in [4.78, 5) is 17.7. The summed E-state index contributed by atoms with van der Waals surface area (Å²) in [5, 5.41) is 0. The van der Waals surface area contributed by atoms with Gasteiger partial charge in [-0.3, -0.25) is 0 Å². The second-order valence-electron chi connectivity index (χ2n) is 10.1. The fraction of sp³-hybridized carbons (Fsp3) is 0.375. The van der Waals surface area contributed by atoms with E-state index in [1.54, 1.807) is 0 Å². The van der Waals surface area contributed by atoms with Crippen molar-refractivity contribution in [3.8, 4) is 0 Å². The molecule has 0 spiro atoms. The maximum Gasteiger partial charge on any atom is 0.0693 e. The van der Waals surface area contributed by atoms with Gasteiger partial charge < -0.3 is 9.97 Å². The van der Waals surface area contributed by atoms with Crippen LogP contribution in [0.4, 0.5) is 0 Å². The summed E-state index contributed by atoms with van der Waals surface area (Å²) in [6.45, 7) is 17.8. The fourth-order valence-corrected chi connectivity index (χ4v) is 6.02. The number of aromatic amines is 2. The average molecular weight is 537 g/mol. The van der Waals surface area contributed by atoms with Crippen molar-refractivity contribution >= 4 is 44.4 Å². The minimum atomic E-state index is 0. The van der Waals surface area contributed by atoms with Crippen LogP contribution in [0.25, 0.3) is 44.4 Å². The molecule has 0 unspecified atom stereocenters. The first-order valence-electron chi connectivity index (χ1n) is 13.4. The van der Waals surface area contributed by atoms with E-state index in [4.69, 9.17) is 9.97 Å². The van der Waals surface area contributed by atoms with E-state index in [9.17, 15) is 0 Å². The molecule has 0 amide bonds. The Morgan fingerprint density at radius 1 is 0.514 bits per heavy atom. The Labute approximate surface area is 230 Å². The van der Waals surface area contributed by atoms with Crippen molar-refractivity contribution in [1.29, 1.82) is 0 Å². The van der Waals surface area contributed by atoms with Crippen molar-refractivity contribution in [2.24, 2.45) is 0 Å². The Morgan fingerprint density at radius 2 is 0.919 bits per heavy atom. The molecular formula is C32H38N4Ni. The van der Waals surface area contributed by atoms with Crippen LogP contribution in [0, 0.1) is 13.8 Å². The van der Waals surface area contributed by atoms with Gasteiger partial charge in [0.15, 0.2) is 0 Å². The number of rotatable bonds is 4. The van der Waals surface area contributed by atoms with Crippen LogP contribution in [0.3, 0.4) is 0 Å². The molecule has 196 valence electrons. The van der Waals surface area contributed by atoms with Gasteiger partial charge in [-0.2, -0.15) is 0 Å². The number of aromatic nitrogens is 4. The predicted octanol–water partition coefficient (Wildman–Crippen LogP) is 8.74. The van der Waals surface area contributed by atoms with Gasteiger partial charge in [-0.05, 0) is 122 Å². The third-order valence-corrected chi connectivity index (χ3v) is 8.21. The molecule has 5 rings (SSSR count). The van der Waals surface area contributed by atoms with E-state index < -0.39 is 0 Å². The molecule has 0 aromatic carbocycles. The third kappa shape index (κ3) is 4.42. The van der Waals surface area contributed by atoms with E-state index in [1.807, 2.05) is 0 Å². The van der Waals surface area contributed by atoms with Gasteiger partial charge in [-0.25, -0.2) is 9.97 Å². The molecule has 0 fully saturated rings. The number of nitrogens with one attached hydrogen (secondary N) is 2. The van der Waals surface area contributed by atoms with E-state index >= 15 is 0 Å². The Balaban J connectivity index is 0.00000320. The van der Waals surface area contributed by atoms with Gasteiger partial charge >= 0.3 is 0 Å². The van der Waals surface area contributed by atoms with Crippen LogP contribution in [0.2, 0.25) is 0 Å². The van der Waals surface area contributed by atoms with Crippen molar-refractivity contribution in [1.82, 2.24) is 19.9 Å². The number of hydrogen-bond acceptors (Lipinski definition) is 2. The Morgan fingerprint density at radius 3 is 1.41 bits per heavy atom. The molecular weight excluding hydrogens is 499 g/mol. The van der Waals surface area contributed by atoms with E-state index in [0.717, 1.165) is 59.5 Å². The molecule has 3 aromatic heterocycles. The number of allylic oxidation sites excluding steroid dienone is 4. The first-order valence-corrected chi connectivity index (χ1v) is 13.4. The Bertz CT molecular complexity index is 1610. The number of H-pyrrole nitrogens is 2. The molecule has 0 radical (unpaired) electrons. The van der Waals surface area contributed by atoms with Gasteiger partial charge in [0.2, 0.25) is 0 Å². The van der Waals surface area contributed by atoms with Crippen LogP contribution in [0.15, 0.2) is 24.3 Å². The van der Waals surface area contributed by atoms with Gasteiger partial charge in [0.05, 0.1) is 22.8 Å². The van der Waals surface area contributed by atoms with E-state index in [1.165, 1.54) is 55.6 Å². The Hall–Kier alpha value is -2.91. The molecule has 37 heavy (non-hydrogen) atoms. The summed E-state index contributed by atoms with van der Waals surface area (Å²) < 4.78 is 0. The first-order chi connectivity index (χ1) is 17.3. The number of fused-ring (bicyclic) bond motifs is 8. The van der Waals surface area contributed by atoms with Gasteiger partial charge in [0.25, 0.3) is 0 Å². The molecule has 5 heterocycles. The second kappa shape index (κ2) is 10.5. The topological polar surface area (TPSA) is 57.4 Å². The molecule has 5 heteroatoms. The summed E-state index contributed by atoms with van der Waals surface area (Å²) in [6, 6.07) is 8.98. The fourth-order valence-electron chi connectivity index (χ4n) is 6.02. The Kier molecular flexibility index (Phi) is 7.67. The summed E-state index contributed by atoms with van der Waals surface area (Å²) >= 11 is 0. The van der Waals surface area contributed by atoms with Crippen LogP contribution in [0.5, 0.6) is 0 Å². The maximum absolute atomic E-state index is 5.13. The normalized spacial score (nSPS) is 13.4. The van der Waals surface area contributed by atoms with E-state index in [2.05, 4.69) is 89.6 Å². The minimum absolute atomic E-state index is 0. The molecule has 0 saturated carbocycles. The van der Waals surface area contributed by atoms with Crippen LogP contribution in [0.1, 0.15) is 99.4 Å². The zero-order valence-corrected chi connectivity index (χ0v) is 24.3. The molecule has 2 aliphatic heterocycles. The zero-order chi connectivity index (χ0) is 25.7.